The lowest BCUT2D eigenvalue weighted by molar-refractivity contribution is 0.258. The van der Waals surface area contributed by atoms with Gasteiger partial charge in [0, 0.05) is 17.8 Å². The Balaban J connectivity index is 2.15. The Morgan fingerprint density at radius 2 is 1.95 bits per heavy atom. The second-order valence-corrected chi connectivity index (χ2v) is 4.92. The number of hydrogen-bond donors (Lipinski definition) is 2. The van der Waals surface area contributed by atoms with Gasteiger partial charge in [-0.25, -0.2) is 4.79 Å². The van der Waals surface area contributed by atoms with E-state index < -0.39 is 0 Å². The lowest BCUT2D eigenvalue weighted by Gasteiger charge is -2.19. The van der Waals surface area contributed by atoms with Gasteiger partial charge in [0.25, 0.3) is 0 Å². The third-order valence-electron chi connectivity index (χ3n) is 3.03. The molecule has 4 nitrogen and oxygen atoms in total. The van der Waals surface area contributed by atoms with Crippen molar-refractivity contribution in [3.05, 3.63) is 53.1 Å². The number of nitrogens with two attached hydrogens (primary N) is 1. The number of carbonyl (C=O) groups is 1. The smallest absolute Gasteiger partial charge is 0.326 e. The molecule has 0 unspecified atom stereocenters. The van der Waals surface area contributed by atoms with E-state index in [2.05, 4.69) is 5.32 Å². The van der Waals surface area contributed by atoms with Crippen LogP contribution >= 0.6 is 11.6 Å². The Kier molecular flexibility index (Phi) is 4.15. The van der Waals surface area contributed by atoms with Crippen LogP contribution in [0.2, 0.25) is 5.02 Å². The quantitative estimate of drug-likeness (QED) is 0.824. The summed E-state index contributed by atoms with van der Waals surface area (Å²) in [4.78, 5) is 13.6. The number of halogens is 1. The molecular formula is C15H16ClN3O. The zero-order chi connectivity index (χ0) is 14.7. The zero-order valence-electron chi connectivity index (χ0n) is 11.4. The Morgan fingerprint density at radius 3 is 2.60 bits per heavy atom. The van der Waals surface area contributed by atoms with Crippen molar-refractivity contribution in [1.29, 1.82) is 0 Å². The summed E-state index contributed by atoms with van der Waals surface area (Å²) in [6, 6.07) is 12.3. The van der Waals surface area contributed by atoms with Gasteiger partial charge in [-0.15, -0.1) is 0 Å². The molecule has 0 aromatic heterocycles. The molecule has 2 amide bonds. The fourth-order valence-electron chi connectivity index (χ4n) is 1.78. The SMILES string of the molecule is Cc1ccc(NC(=O)N(C)c2ccccc2N)cc1Cl. The van der Waals surface area contributed by atoms with Gasteiger partial charge >= 0.3 is 6.03 Å². The van der Waals surface area contributed by atoms with Crippen molar-refractivity contribution in [2.75, 3.05) is 23.0 Å². The van der Waals surface area contributed by atoms with Crippen LogP contribution in [0.25, 0.3) is 0 Å². The highest BCUT2D eigenvalue weighted by Crippen LogP contribution is 2.23. The van der Waals surface area contributed by atoms with E-state index in [-0.39, 0.29) is 6.03 Å². The van der Waals surface area contributed by atoms with Gasteiger partial charge in [0.05, 0.1) is 11.4 Å². The molecule has 0 fully saturated rings. The number of urea groups is 1. The first kappa shape index (κ1) is 14.2. The van der Waals surface area contributed by atoms with E-state index in [1.54, 1.807) is 31.3 Å². The minimum atomic E-state index is -0.275. The van der Waals surface area contributed by atoms with Gasteiger partial charge in [0.2, 0.25) is 0 Å². The largest absolute Gasteiger partial charge is 0.397 e. The number of carbonyl (C=O) groups excluding carboxylic acids is 1. The number of aryl methyl sites for hydroxylation is 1. The van der Waals surface area contributed by atoms with Crippen molar-refractivity contribution in [2.45, 2.75) is 6.92 Å². The molecule has 0 saturated carbocycles. The van der Waals surface area contributed by atoms with Crippen LogP contribution in [0.5, 0.6) is 0 Å². The van der Waals surface area contributed by atoms with Gasteiger partial charge < -0.3 is 11.1 Å². The summed E-state index contributed by atoms with van der Waals surface area (Å²) in [7, 11) is 1.66. The molecule has 3 N–H and O–H groups in total. The van der Waals surface area contributed by atoms with Crippen LogP contribution in [-0.4, -0.2) is 13.1 Å². The van der Waals surface area contributed by atoms with Crippen LogP contribution in [0.4, 0.5) is 21.9 Å². The zero-order valence-corrected chi connectivity index (χ0v) is 12.1. The first-order valence-corrected chi connectivity index (χ1v) is 6.52. The summed E-state index contributed by atoms with van der Waals surface area (Å²) in [5.41, 5.74) is 8.67. The molecule has 2 rings (SSSR count). The molecule has 104 valence electrons. The van der Waals surface area contributed by atoms with Gasteiger partial charge in [0.15, 0.2) is 0 Å². The third kappa shape index (κ3) is 3.03. The lowest BCUT2D eigenvalue weighted by atomic mass is 10.2. The van der Waals surface area contributed by atoms with E-state index in [1.807, 2.05) is 25.1 Å². The summed E-state index contributed by atoms with van der Waals surface area (Å²) < 4.78 is 0. The number of para-hydroxylation sites is 2. The Hall–Kier alpha value is -2.20. The molecule has 0 radical (unpaired) electrons. The van der Waals surface area contributed by atoms with Gasteiger partial charge in [-0.2, -0.15) is 0 Å². The van der Waals surface area contributed by atoms with E-state index in [1.165, 1.54) is 4.90 Å². The van der Waals surface area contributed by atoms with E-state index in [4.69, 9.17) is 17.3 Å². The predicted molar refractivity (Wildman–Crippen MR) is 84.5 cm³/mol. The first-order chi connectivity index (χ1) is 9.49. The summed E-state index contributed by atoms with van der Waals surface area (Å²) in [5, 5.41) is 3.40. The second kappa shape index (κ2) is 5.84. The number of hydrogen-bond acceptors (Lipinski definition) is 2. The molecule has 0 aliphatic carbocycles. The minimum absolute atomic E-state index is 0.275. The number of rotatable bonds is 2. The first-order valence-electron chi connectivity index (χ1n) is 6.14. The molecule has 2 aromatic carbocycles. The van der Waals surface area contributed by atoms with E-state index >= 15 is 0 Å². The van der Waals surface area contributed by atoms with Gasteiger partial charge in [-0.1, -0.05) is 29.8 Å². The highest BCUT2D eigenvalue weighted by atomic mass is 35.5. The molecule has 5 heteroatoms. The molecule has 0 aliphatic heterocycles. The highest BCUT2D eigenvalue weighted by Gasteiger charge is 2.13. The second-order valence-electron chi connectivity index (χ2n) is 4.51. The van der Waals surface area contributed by atoms with Gasteiger partial charge in [-0.05, 0) is 36.8 Å². The maximum Gasteiger partial charge on any atom is 0.326 e. The van der Waals surface area contributed by atoms with Crippen LogP contribution in [0.3, 0.4) is 0 Å². The standard InChI is InChI=1S/C15H16ClN3O/c1-10-7-8-11(9-12(10)16)18-15(20)19(2)14-6-4-3-5-13(14)17/h3-9H,17H2,1-2H3,(H,18,20). The van der Waals surface area contributed by atoms with Crippen molar-refractivity contribution < 1.29 is 4.79 Å². The summed E-state index contributed by atoms with van der Waals surface area (Å²) in [5.74, 6) is 0. The third-order valence-corrected chi connectivity index (χ3v) is 3.43. The Labute approximate surface area is 123 Å². The average molecular weight is 290 g/mol. The number of nitrogen functional groups attached to an aromatic ring is 1. The van der Waals surface area contributed by atoms with Crippen molar-refractivity contribution in [3.8, 4) is 0 Å². The maximum atomic E-state index is 12.2. The average Bonchev–Trinajstić information content (AvgIpc) is 2.42. The van der Waals surface area contributed by atoms with Crippen molar-refractivity contribution >= 4 is 34.7 Å². The maximum absolute atomic E-state index is 12.2. The Bertz CT molecular complexity index is 643. The van der Waals surface area contributed by atoms with Crippen LogP contribution < -0.4 is 16.0 Å². The van der Waals surface area contributed by atoms with Crippen LogP contribution in [0.15, 0.2) is 42.5 Å². The summed E-state index contributed by atoms with van der Waals surface area (Å²) in [6.07, 6.45) is 0. The predicted octanol–water partition coefficient (Wildman–Crippen LogP) is 3.90. The van der Waals surface area contributed by atoms with E-state index in [0.29, 0.717) is 22.1 Å². The summed E-state index contributed by atoms with van der Waals surface area (Å²) in [6.45, 7) is 1.91. The van der Waals surface area contributed by atoms with Gasteiger partial charge in [-0.3, -0.25) is 4.90 Å². The fourth-order valence-corrected chi connectivity index (χ4v) is 1.96. The summed E-state index contributed by atoms with van der Waals surface area (Å²) >= 11 is 6.03. The van der Waals surface area contributed by atoms with Crippen LogP contribution in [0.1, 0.15) is 5.56 Å². The normalized spacial score (nSPS) is 10.2. The number of benzene rings is 2. The van der Waals surface area contributed by atoms with Gasteiger partial charge in [0.1, 0.15) is 0 Å². The topological polar surface area (TPSA) is 58.4 Å². The van der Waals surface area contributed by atoms with Crippen molar-refractivity contribution in [2.24, 2.45) is 0 Å². The molecule has 0 atom stereocenters. The monoisotopic (exact) mass is 289 g/mol. The molecule has 0 bridgehead atoms. The molecule has 20 heavy (non-hydrogen) atoms. The highest BCUT2D eigenvalue weighted by molar-refractivity contribution is 6.31. The van der Waals surface area contributed by atoms with E-state index in [0.717, 1.165) is 5.56 Å². The van der Waals surface area contributed by atoms with E-state index in [9.17, 15) is 4.79 Å². The fraction of sp³-hybridized carbons (Fsp3) is 0.133. The molecule has 0 aliphatic rings. The Morgan fingerprint density at radius 1 is 1.25 bits per heavy atom. The van der Waals surface area contributed by atoms with Crippen molar-refractivity contribution in [1.82, 2.24) is 0 Å². The number of nitrogens with zero attached hydrogens (tertiary/aromatic N) is 1. The minimum Gasteiger partial charge on any atom is -0.397 e. The van der Waals surface area contributed by atoms with Crippen LogP contribution in [0, 0.1) is 6.92 Å². The molecule has 0 saturated heterocycles. The molecule has 2 aromatic rings. The number of amides is 2. The molecular weight excluding hydrogens is 274 g/mol. The van der Waals surface area contributed by atoms with Crippen LogP contribution in [-0.2, 0) is 0 Å². The lowest BCUT2D eigenvalue weighted by Crippen LogP contribution is -2.31. The molecule has 0 heterocycles. The van der Waals surface area contributed by atoms with Crippen molar-refractivity contribution in [3.63, 3.8) is 0 Å². The number of nitrogens with one attached hydrogen (secondary N) is 1. The molecule has 0 spiro atoms. The number of anilines is 3.